The maximum Gasteiger partial charge on any atom is 0.244 e. The van der Waals surface area contributed by atoms with E-state index in [0.717, 1.165) is 12.4 Å². The van der Waals surface area contributed by atoms with Crippen molar-refractivity contribution in [3.63, 3.8) is 0 Å². The molecule has 2 heterocycles. The number of hydrogen-bond acceptors (Lipinski definition) is 7. The number of hydrogen-bond donors (Lipinski definition) is 2. The van der Waals surface area contributed by atoms with Gasteiger partial charge < -0.3 is 10.1 Å². The summed E-state index contributed by atoms with van der Waals surface area (Å²) in [6.45, 7) is 5.19. The number of nitrogens with one attached hydrogen (secondary N) is 2. The smallest absolute Gasteiger partial charge is 0.244 e. The average Bonchev–Trinajstić information content (AvgIpc) is 3.08. The van der Waals surface area contributed by atoms with Crippen LogP contribution < -0.4 is 14.8 Å². The van der Waals surface area contributed by atoms with Crippen LogP contribution in [0.4, 0.5) is 5.82 Å². The Morgan fingerprint density at radius 1 is 1.14 bits per heavy atom. The fourth-order valence-corrected chi connectivity index (χ4v) is 3.81. The van der Waals surface area contributed by atoms with Crippen LogP contribution >= 0.6 is 0 Å². The molecule has 0 amide bonds. The molecule has 2 aromatic heterocycles. The number of fused-ring (bicyclic) bond motifs is 1. The molecular weight excluding hydrogens is 380 g/mol. The van der Waals surface area contributed by atoms with E-state index in [0.29, 0.717) is 29.6 Å². The van der Waals surface area contributed by atoms with Gasteiger partial charge in [0.2, 0.25) is 10.0 Å². The summed E-state index contributed by atoms with van der Waals surface area (Å²) in [5.74, 6) is 2.08. The molecule has 2 N–H and O–H groups in total. The van der Waals surface area contributed by atoms with Crippen molar-refractivity contribution in [1.82, 2.24) is 24.5 Å². The van der Waals surface area contributed by atoms with Gasteiger partial charge in [-0.2, -0.15) is 4.52 Å². The number of methoxy groups -OCH3 is 1. The second-order valence-corrected chi connectivity index (χ2v) is 8.41. The Bertz CT molecular complexity index is 1050. The topological polar surface area (TPSA) is 111 Å². The molecule has 0 unspecified atom stereocenters. The van der Waals surface area contributed by atoms with Gasteiger partial charge in [0.05, 0.1) is 7.11 Å². The molecule has 28 heavy (non-hydrogen) atoms. The van der Waals surface area contributed by atoms with E-state index in [-0.39, 0.29) is 11.4 Å². The first kappa shape index (κ1) is 20.0. The van der Waals surface area contributed by atoms with E-state index in [1.54, 1.807) is 22.7 Å². The highest BCUT2D eigenvalue weighted by molar-refractivity contribution is 7.89. The van der Waals surface area contributed by atoms with Crippen molar-refractivity contribution in [1.29, 1.82) is 0 Å². The third kappa shape index (κ3) is 4.57. The zero-order valence-electron chi connectivity index (χ0n) is 16.1. The van der Waals surface area contributed by atoms with Crippen molar-refractivity contribution in [2.24, 2.45) is 5.92 Å². The molecule has 0 fully saturated rings. The molecule has 9 nitrogen and oxygen atoms in total. The lowest BCUT2D eigenvalue weighted by Crippen LogP contribution is -2.27. The van der Waals surface area contributed by atoms with Crippen LogP contribution in [0.15, 0.2) is 41.3 Å². The Morgan fingerprint density at radius 2 is 1.93 bits per heavy atom. The van der Waals surface area contributed by atoms with Crippen LogP contribution in [0.2, 0.25) is 0 Å². The first-order valence-electron chi connectivity index (χ1n) is 8.98. The highest BCUT2D eigenvalue weighted by atomic mass is 32.2. The normalized spacial score (nSPS) is 11.9. The van der Waals surface area contributed by atoms with Gasteiger partial charge in [0, 0.05) is 19.5 Å². The van der Waals surface area contributed by atoms with Crippen LogP contribution in [0.1, 0.15) is 19.7 Å². The Hall–Kier alpha value is -2.72. The quantitative estimate of drug-likeness (QED) is 0.559. The number of rotatable bonds is 9. The van der Waals surface area contributed by atoms with E-state index in [4.69, 9.17) is 4.74 Å². The zero-order valence-corrected chi connectivity index (χ0v) is 16.9. The van der Waals surface area contributed by atoms with E-state index >= 15 is 0 Å². The molecule has 3 aromatic rings. The summed E-state index contributed by atoms with van der Waals surface area (Å²) in [6.07, 6.45) is 0.343. The molecule has 0 spiro atoms. The van der Waals surface area contributed by atoms with Crippen molar-refractivity contribution in [3.8, 4) is 5.75 Å². The number of anilines is 1. The van der Waals surface area contributed by atoms with Gasteiger partial charge in [0.15, 0.2) is 11.5 Å². The maximum atomic E-state index is 12.5. The average molecular weight is 404 g/mol. The summed E-state index contributed by atoms with van der Waals surface area (Å²) in [5, 5.41) is 15.9. The highest BCUT2D eigenvalue weighted by Gasteiger charge is 2.19. The Labute approximate surface area is 164 Å². The van der Waals surface area contributed by atoms with Crippen LogP contribution in [0.3, 0.4) is 0 Å². The van der Waals surface area contributed by atoms with Crippen molar-refractivity contribution < 1.29 is 13.2 Å². The number of sulfonamides is 1. The van der Waals surface area contributed by atoms with Crippen LogP contribution in [0.5, 0.6) is 5.75 Å². The molecule has 0 radical (unpaired) electrons. The molecule has 0 aliphatic carbocycles. The van der Waals surface area contributed by atoms with Crippen LogP contribution in [-0.2, 0) is 16.4 Å². The molecule has 0 aliphatic heterocycles. The monoisotopic (exact) mass is 404 g/mol. The minimum Gasteiger partial charge on any atom is -0.495 e. The summed E-state index contributed by atoms with van der Waals surface area (Å²) in [6, 6.07) is 10.2. The van der Waals surface area contributed by atoms with Crippen molar-refractivity contribution in [2.45, 2.75) is 25.2 Å². The third-order valence-electron chi connectivity index (χ3n) is 4.02. The highest BCUT2D eigenvalue weighted by Crippen LogP contribution is 2.22. The molecule has 0 saturated carbocycles. The lowest BCUT2D eigenvalue weighted by molar-refractivity contribution is 0.402. The lowest BCUT2D eigenvalue weighted by Gasteiger charge is -2.10. The van der Waals surface area contributed by atoms with E-state index in [1.165, 1.54) is 13.2 Å². The molecule has 150 valence electrons. The van der Waals surface area contributed by atoms with Gasteiger partial charge in [-0.1, -0.05) is 26.0 Å². The van der Waals surface area contributed by atoms with E-state index < -0.39 is 10.0 Å². The summed E-state index contributed by atoms with van der Waals surface area (Å²) in [4.78, 5) is 0.0990. The molecule has 3 rings (SSSR count). The number of benzene rings is 1. The van der Waals surface area contributed by atoms with E-state index in [1.807, 2.05) is 12.1 Å². The van der Waals surface area contributed by atoms with Gasteiger partial charge in [0.1, 0.15) is 16.5 Å². The van der Waals surface area contributed by atoms with Crippen LogP contribution in [-0.4, -0.2) is 48.4 Å². The zero-order chi connectivity index (χ0) is 20.1. The summed E-state index contributed by atoms with van der Waals surface area (Å²) < 4.78 is 34.4. The van der Waals surface area contributed by atoms with Gasteiger partial charge in [-0.15, -0.1) is 15.3 Å². The van der Waals surface area contributed by atoms with Crippen molar-refractivity contribution in [3.05, 3.63) is 42.2 Å². The van der Waals surface area contributed by atoms with Gasteiger partial charge in [-0.05, 0) is 30.2 Å². The number of aromatic nitrogens is 4. The molecule has 10 heteroatoms. The molecule has 1 aromatic carbocycles. The predicted octanol–water partition coefficient (Wildman–Crippen LogP) is 1.72. The second kappa shape index (κ2) is 8.53. The summed E-state index contributed by atoms with van der Waals surface area (Å²) in [7, 11) is -2.26. The molecule has 0 bridgehead atoms. The number of ether oxygens (including phenoxy) is 1. The molecular formula is C18H24N6O3S. The summed E-state index contributed by atoms with van der Waals surface area (Å²) in [5.41, 5.74) is 0.609. The van der Waals surface area contributed by atoms with Gasteiger partial charge in [-0.25, -0.2) is 13.1 Å². The minimum atomic E-state index is -3.70. The second-order valence-electron chi connectivity index (χ2n) is 6.68. The Morgan fingerprint density at radius 3 is 2.68 bits per heavy atom. The molecule has 0 atom stereocenters. The SMILES string of the molecule is COc1ccccc1S(=O)(=O)NCCc1nnc2ccc(NCC(C)C)nn12. The number of para-hydroxylation sites is 1. The fraction of sp³-hybridized carbons (Fsp3) is 0.389. The first-order chi connectivity index (χ1) is 13.4. The third-order valence-corrected chi connectivity index (χ3v) is 5.52. The standard InChI is InChI=1S/C18H24N6O3S/c1-13(2)12-19-16-8-9-17-21-22-18(24(17)23-16)10-11-20-28(25,26)15-7-5-4-6-14(15)27-3/h4-9,13,20H,10-12H2,1-3H3,(H,19,23). The van der Waals surface area contributed by atoms with E-state index in [9.17, 15) is 8.42 Å². The van der Waals surface area contributed by atoms with Crippen molar-refractivity contribution >= 4 is 21.5 Å². The first-order valence-corrected chi connectivity index (χ1v) is 10.5. The van der Waals surface area contributed by atoms with Crippen LogP contribution in [0.25, 0.3) is 5.65 Å². The number of nitrogens with zero attached hydrogens (tertiary/aromatic N) is 4. The van der Waals surface area contributed by atoms with Crippen LogP contribution in [0, 0.1) is 5.92 Å². The maximum absolute atomic E-state index is 12.5. The lowest BCUT2D eigenvalue weighted by atomic mass is 10.2. The summed E-state index contributed by atoms with van der Waals surface area (Å²) >= 11 is 0. The largest absolute Gasteiger partial charge is 0.495 e. The van der Waals surface area contributed by atoms with Crippen molar-refractivity contribution in [2.75, 3.05) is 25.5 Å². The van der Waals surface area contributed by atoms with E-state index in [2.05, 4.69) is 39.2 Å². The van der Waals surface area contributed by atoms with Gasteiger partial charge in [-0.3, -0.25) is 0 Å². The molecule has 0 saturated heterocycles. The Balaban J connectivity index is 1.70. The Kier molecular flexibility index (Phi) is 6.10. The van der Waals surface area contributed by atoms with Gasteiger partial charge in [0.25, 0.3) is 0 Å². The fourth-order valence-electron chi connectivity index (χ4n) is 2.61. The minimum absolute atomic E-state index is 0.0990. The molecule has 0 aliphatic rings. The van der Waals surface area contributed by atoms with Gasteiger partial charge >= 0.3 is 0 Å². The predicted molar refractivity (Wildman–Crippen MR) is 106 cm³/mol.